The van der Waals surface area contributed by atoms with Crippen LogP contribution in [0.1, 0.15) is 33.5 Å². The van der Waals surface area contributed by atoms with Gasteiger partial charge in [0.2, 0.25) is 0 Å². The molecule has 0 aliphatic heterocycles. The Kier molecular flexibility index (Phi) is 5.63. The van der Waals surface area contributed by atoms with Gasteiger partial charge in [-0.2, -0.15) is 10.4 Å². The molecular weight excluding hydrogens is 334 g/mol. The minimum atomic E-state index is -0.0399. The molecule has 2 aromatic carbocycles. The molecular formula is C23H21N3O. The summed E-state index contributed by atoms with van der Waals surface area (Å²) >= 11 is 0. The highest BCUT2D eigenvalue weighted by molar-refractivity contribution is 6.07. The quantitative estimate of drug-likeness (QED) is 0.463. The number of benzene rings is 2. The van der Waals surface area contributed by atoms with E-state index in [1.54, 1.807) is 16.8 Å². The molecule has 0 aliphatic rings. The first-order valence-electron chi connectivity index (χ1n) is 8.88. The van der Waals surface area contributed by atoms with Crippen LogP contribution in [0.5, 0.6) is 0 Å². The summed E-state index contributed by atoms with van der Waals surface area (Å²) in [7, 11) is 0. The maximum absolute atomic E-state index is 12.6. The summed E-state index contributed by atoms with van der Waals surface area (Å²) in [6.07, 6.45) is 5.66. The van der Waals surface area contributed by atoms with Gasteiger partial charge in [-0.1, -0.05) is 42.5 Å². The summed E-state index contributed by atoms with van der Waals surface area (Å²) in [6.45, 7) is 4.55. The van der Waals surface area contributed by atoms with Gasteiger partial charge in [-0.25, -0.2) is 0 Å². The number of rotatable bonds is 6. The minimum absolute atomic E-state index is 0.0399. The van der Waals surface area contributed by atoms with Gasteiger partial charge in [0, 0.05) is 22.9 Å². The van der Waals surface area contributed by atoms with Gasteiger partial charge in [-0.05, 0) is 43.2 Å². The van der Waals surface area contributed by atoms with E-state index in [2.05, 4.69) is 11.2 Å². The highest BCUT2D eigenvalue weighted by Crippen LogP contribution is 2.23. The fraction of sp³-hybridized carbons (Fsp3) is 0.174. The summed E-state index contributed by atoms with van der Waals surface area (Å²) < 4.78 is 1.76. The van der Waals surface area contributed by atoms with Crippen molar-refractivity contribution >= 4 is 11.9 Å². The molecule has 0 bridgehead atoms. The second kappa shape index (κ2) is 8.29. The predicted molar refractivity (Wildman–Crippen MR) is 107 cm³/mol. The van der Waals surface area contributed by atoms with Crippen LogP contribution in [0.25, 0.3) is 17.3 Å². The first-order chi connectivity index (χ1) is 13.1. The van der Waals surface area contributed by atoms with E-state index in [1.807, 2.05) is 68.6 Å². The molecule has 0 atom stereocenters. The zero-order valence-electron chi connectivity index (χ0n) is 15.5. The summed E-state index contributed by atoms with van der Waals surface area (Å²) in [4.78, 5) is 12.6. The van der Waals surface area contributed by atoms with Crippen molar-refractivity contribution in [2.75, 3.05) is 0 Å². The van der Waals surface area contributed by atoms with Crippen molar-refractivity contribution in [3.63, 3.8) is 0 Å². The molecule has 1 aromatic heterocycles. The van der Waals surface area contributed by atoms with E-state index in [9.17, 15) is 4.79 Å². The van der Waals surface area contributed by atoms with Crippen molar-refractivity contribution in [2.24, 2.45) is 0 Å². The van der Waals surface area contributed by atoms with E-state index < -0.39 is 0 Å². The van der Waals surface area contributed by atoms with Gasteiger partial charge >= 0.3 is 0 Å². The Labute approximate surface area is 159 Å². The molecule has 134 valence electrons. The monoisotopic (exact) mass is 355 g/mol. The van der Waals surface area contributed by atoms with Crippen LogP contribution in [0.3, 0.4) is 0 Å². The van der Waals surface area contributed by atoms with E-state index in [1.165, 1.54) is 5.56 Å². The van der Waals surface area contributed by atoms with E-state index in [4.69, 9.17) is 5.26 Å². The second-order valence-electron chi connectivity index (χ2n) is 6.47. The first kappa shape index (κ1) is 18.3. The van der Waals surface area contributed by atoms with Crippen LogP contribution in [-0.2, 0) is 6.54 Å². The Morgan fingerprint density at radius 3 is 2.63 bits per heavy atom. The highest BCUT2D eigenvalue weighted by atomic mass is 16.1. The number of ketones is 1. The normalized spacial score (nSPS) is 10.9. The van der Waals surface area contributed by atoms with Gasteiger partial charge in [-0.15, -0.1) is 0 Å². The molecule has 27 heavy (non-hydrogen) atoms. The van der Waals surface area contributed by atoms with Crippen LogP contribution >= 0.6 is 0 Å². The molecule has 4 heteroatoms. The number of aromatic nitrogens is 2. The Morgan fingerprint density at radius 1 is 1.15 bits per heavy atom. The number of nitriles is 1. The maximum Gasteiger partial charge on any atom is 0.185 e. The number of allylic oxidation sites excluding steroid dienone is 1. The van der Waals surface area contributed by atoms with Gasteiger partial charge in [0.1, 0.15) is 0 Å². The molecule has 0 aliphatic carbocycles. The number of hydrogen-bond acceptors (Lipinski definition) is 3. The highest BCUT2D eigenvalue weighted by Gasteiger charge is 2.10. The van der Waals surface area contributed by atoms with E-state index in [-0.39, 0.29) is 5.78 Å². The molecule has 0 saturated carbocycles. The van der Waals surface area contributed by atoms with E-state index in [0.29, 0.717) is 18.5 Å². The molecule has 0 N–H and O–H groups in total. The summed E-state index contributed by atoms with van der Waals surface area (Å²) in [5, 5.41) is 13.4. The Balaban J connectivity index is 1.91. The van der Waals surface area contributed by atoms with Crippen LogP contribution in [0.4, 0.5) is 0 Å². The summed E-state index contributed by atoms with van der Waals surface area (Å²) in [6, 6.07) is 17.7. The number of carbonyl (C=O) groups excluding carboxylic acids is 1. The molecule has 0 spiro atoms. The lowest BCUT2D eigenvalue weighted by Crippen LogP contribution is -1.97. The maximum atomic E-state index is 12.6. The van der Waals surface area contributed by atoms with Gasteiger partial charge in [0.15, 0.2) is 5.78 Å². The molecule has 0 saturated heterocycles. The van der Waals surface area contributed by atoms with Crippen molar-refractivity contribution in [3.05, 3.63) is 83.1 Å². The van der Waals surface area contributed by atoms with Crippen LogP contribution in [0, 0.1) is 25.2 Å². The third-order valence-electron chi connectivity index (χ3n) is 4.50. The first-order valence-corrected chi connectivity index (χ1v) is 8.88. The van der Waals surface area contributed by atoms with Gasteiger partial charge in [0.25, 0.3) is 0 Å². The molecule has 3 rings (SSSR count). The smallest absolute Gasteiger partial charge is 0.185 e. The molecule has 0 amide bonds. The minimum Gasteiger partial charge on any atom is -0.289 e. The van der Waals surface area contributed by atoms with Gasteiger partial charge < -0.3 is 0 Å². The topological polar surface area (TPSA) is 58.7 Å². The van der Waals surface area contributed by atoms with Crippen LogP contribution in [0.15, 0.2) is 60.8 Å². The average Bonchev–Trinajstić information content (AvgIpc) is 3.10. The largest absolute Gasteiger partial charge is 0.289 e. The van der Waals surface area contributed by atoms with Gasteiger partial charge in [0.05, 0.1) is 24.7 Å². The molecule has 1 heterocycles. The Morgan fingerprint density at radius 2 is 1.93 bits per heavy atom. The van der Waals surface area contributed by atoms with Crippen LogP contribution < -0.4 is 0 Å². The Hall–Kier alpha value is -3.45. The third-order valence-corrected chi connectivity index (χ3v) is 4.50. The second-order valence-corrected chi connectivity index (χ2v) is 6.47. The van der Waals surface area contributed by atoms with Crippen LogP contribution in [0.2, 0.25) is 0 Å². The zero-order chi connectivity index (χ0) is 19.2. The lowest BCUT2D eigenvalue weighted by Gasteiger charge is -2.02. The van der Waals surface area contributed by atoms with Gasteiger partial charge in [-0.3, -0.25) is 9.48 Å². The molecule has 4 nitrogen and oxygen atoms in total. The van der Waals surface area contributed by atoms with Crippen molar-refractivity contribution < 1.29 is 4.79 Å². The number of carbonyl (C=O) groups is 1. The molecule has 3 aromatic rings. The fourth-order valence-electron chi connectivity index (χ4n) is 2.81. The number of hydrogen-bond donors (Lipinski definition) is 0. The molecule has 0 radical (unpaired) electrons. The summed E-state index contributed by atoms with van der Waals surface area (Å²) in [5.74, 6) is -0.0399. The van der Waals surface area contributed by atoms with E-state index >= 15 is 0 Å². The van der Waals surface area contributed by atoms with Crippen molar-refractivity contribution in [3.8, 4) is 17.3 Å². The molecule has 0 fully saturated rings. The molecule has 0 unspecified atom stereocenters. The van der Waals surface area contributed by atoms with Crippen molar-refractivity contribution in [1.29, 1.82) is 5.26 Å². The number of nitrogens with zero attached hydrogens (tertiary/aromatic N) is 3. The van der Waals surface area contributed by atoms with Crippen molar-refractivity contribution in [2.45, 2.75) is 26.8 Å². The SMILES string of the molecule is Cc1ccc(C(=O)/C=C/c2cn(CCC#N)nc2-c2ccccc2)cc1C. The Bertz CT molecular complexity index is 1020. The lowest BCUT2D eigenvalue weighted by atomic mass is 10.0. The zero-order valence-corrected chi connectivity index (χ0v) is 15.5. The van der Waals surface area contributed by atoms with Crippen LogP contribution in [-0.4, -0.2) is 15.6 Å². The van der Waals surface area contributed by atoms with E-state index in [0.717, 1.165) is 22.4 Å². The number of aryl methyl sites for hydroxylation is 3. The standard InChI is InChI=1S/C23H21N3O/c1-17-9-10-20(15-18(17)2)22(27)12-11-21-16-26(14-6-13-24)25-23(21)19-7-4-3-5-8-19/h3-5,7-12,15-16H,6,14H2,1-2H3/b12-11+. The predicted octanol–water partition coefficient (Wildman–Crippen LogP) is 4.98. The lowest BCUT2D eigenvalue weighted by molar-refractivity contribution is 0.104. The van der Waals surface area contributed by atoms with Crippen molar-refractivity contribution in [1.82, 2.24) is 9.78 Å². The summed E-state index contributed by atoms with van der Waals surface area (Å²) in [5.41, 5.74) is 5.58. The fourth-order valence-corrected chi connectivity index (χ4v) is 2.81. The average molecular weight is 355 g/mol. The third kappa shape index (κ3) is 4.39.